The van der Waals surface area contributed by atoms with Crippen LogP contribution in [0.4, 0.5) is 5.69 Å². The molecule has 0 amide bonds. The third kappa shape index (κ3) is 2.36. The van der Waals surface area contributed by atoms with E-state index in [9.17, 15) is 0 Å². The summed E-state index contributed by atoms with van der Waals surface area (Å²) in [6.07, 6.45) is 4.42. The molecule has 0 saturated carbocycles. The number of nitrogens with two attached hydrogens (primary N) is 1. The van der Waals surface area contributed by atoms with Gasteiger partial charge in [-0.1, -0.05) is 12.1 Å². The number of thioether (sulfide) groups is 1. The van der Waals surface area contributed by atoms with Crippen LogP contribution in [0.1, 0.15) is 18.4 Å². The molecule has 1 aromatic carbocycles. The van der Waals surface area contributed by atoms with Gasteiger partial charge in [0.05, 0.1) is 0 Å². The Hall–Kier alpha value is -0.670. The highest BCUT2D eigenvalue weighted by Gasteiger charge is 2.33. The molecule has 0 atom stereocenters. The maximum atomic E-state index is 5.74. The van der Waals surface area contributed by atoms with Gasteiger partial charge in [0.25, 0.3) is 0 Å². The second kappa shape index (κ2) is 5.11. The first-order valence-electron chi connectivity index (χ1n) is 5.69. The number of benzene rings is 1. The van der Waals surface area contributed by atoms with Gasteiger partial charge in [-0.2, -0.15) is 11.8 Å². The first-order chi connectivity index (χ1) is 7.77. The monoisotopic (exact) mass is 237 g/mol. The second-order valence-electron chi connectivity index (χ2n) is 4.45. The number of nitrogen functional groups attached to an aromatic ring is 1. The minimum atomic E-state index is 0.297. The zero-order chi connectivity index (χ0) is 11.4. The van der Waals surface area contributed by atoms with Gasteiger partial charge < -0.3 is 10.5 Å². The molecule has 2 rings (SSSR count). The molecule has 0 radical (unpaired) electrons. The van der Waals surface area contributed by atoms with Gasteiger partial charge in [-0.05, 0) is 36.8 Å². The van der Waals surface area contributed by atoms with E-state index in [1.54, 1.807) is 0 Å². The lowest BCUT2D eigenvalue weighted by molar-refractivity contribution is 0.0580. The number of hydrogen-bond donors (Lipinski definition) is 1. The molecule has 16 heavy (non-hydrogen) atoms. The highest BCUT2D eigenvalue weighted by Crippen LogP contribution is 2.37. The first kappa shape index (κ1) is 11.8. The molecule has 0 spiro atoms. The van der Waals surface area contributed by atoms with E-state index in [0.717, 1.165) is 31.7 Å². The number of anilines is 1. The molecule has 2 nitrogen and oxygen atoms in total. The topological polar surface area (TPSA) is 35.2 Å². The van der Waals surface area contributed by atoms with Crippen LogP contribution in [0.5, 0.6) is 0 Å². The fourth-order valence-electron chi connectivity index (χ4n) is 2.39. The van der Waals surface area contributed by atoms with Crippen LogP contribution in [0.15, 0.2) is 24.3 Å². The summed E-state index contributed by atoms with van der Waals surface area (Å²) in [5, 5.41) is 0. The Balaban J connectivity index is 2.26. The van der Waals surface area contributed by atoms with Crippen LogP contribution < -0.4 is 5.73 Å². The van der Waals surface area contributed by atoms with Crippen molar-refractivity contribution in [3.05, 3.63) is 29.8 Å². The third-order valence-corrected chi connectivity index (χ3v) is 4.23. The Morgan fingerprint density at radius 2 is 1.88 bits per heavy atom. The molecule has 1 aliphatic heterocycles. The Kier molecular flexibility index (Phi) is 3.77. The minimum Gasteiger partial charge on any atom is -0.399 e. The normalized spacial score (nSPS) is 19.6. The minimum absolute atomic E-state index is 0.297. The van der Waals surface area contributed by atoms with Crippen LogP contribution in [0.25, 0.3) is 0 Å². The lowest BCUT2D eigenvalue weighted by atomic mass is 9.76. The van der Waals surface area contributed by atoms with E-state index in [0.29, 0.717) is 5.41 Å². The van der Waals surface area contributed by atoms with E-state index >= 15 is 0 Å². The smallest absolute Gasteiger partial charge is 0.0474 e. The quantitative estimate of drug-likeness (QED) is 0.821. The molecule has 1 heterocycles. The summed E-state index contributed by atoms with van der Waals surface area (Å²) in [5.74, 6) is 1.17. The average molecular weight is 237 g/mol. The molecular formula is C13H19NOS. The van der Waals surface area contributed by atoms with Gasteiger partial charge in [-0.15, -0.1) is 0 Å². The Morgan fingerprint density at radius 1 is 1.25 bits per heavy atom. The van der Waals surface area contributed by atoms with Crippen molar-refractivity contribution in [2.24, 2.45) is 0 Å². The van der Waals surface area contributed by atoms with Crippen molar-refractivity contribution in [2.75, 3.05) is 31.0 Å². The molecular weight excluding hydrogens is 218 g/mol. The molecule has 2 N–H and O–H groups in total. The van der Waals surface area contributed by atoms with Crippen LogP contribution in [0.3, 0.4) is 0 Å². The van der Waals surface area contributed by atoms with Crippen molar-refractivity contribution in [1.82, 2.24) is 0 Å². The van der Waals surface area contributed by atoms with Gasteiger partial charge >= 0.3 is 0 Å². The molecule has 1 aliphatic rings. The van der Waals surface area contributed by atoms with Gasteiger partial charge in [-0.3, -0.25) is 0 Å². The van der Waals surface area contributed by atoms with Crippen LogP contribution in [-0.2, 0) is 10.2 Å². The van der Waals surface area contributed by atoms with Gasteiger partial charge in [0.2, 0.25) is 0 Å². The molecule has 1 aromatic rings. The highest BCUT2D eigenvalue weighted by atomic mass is 32.2. The zero-order valence-corrected chi connectivity index (χ0v) is 10.6. The highest BCUT2D eigenvalue weighted by molar-refractivity contribution is 7.98. The van der Waals surface area contributed by atoms with Gasteiger partial charge in [0, 0.05) is 30.1 Å². The van der Waals surface area contributed by atoms with Crippen LogP contribution >= 0.6 is 11.8 Å². The second-order valence-corrected chi connectivity index (χ2v) is 5.31. The fraction of sp³-hybridized carbons (Fsp3) is 0.538. The zero-order valence-electron chi connectivity index (χ0n) is 9.74. The summed E-state index contributed by atoms with van der Waals surface area (Å²) in [5.41, 5.74) is 8.30. The predicted octanol–water partition coefficient (Wildman–Crippen LogP) is 2.68. The Labute approximate surface area is 102 Å². The average Bonchev–Trinajstić information content (AvgIpc) is 2.31. The summed E-state index contributed by atoms with van der Waals surface area (Å²) >= 11 is 1.92. The van der Waals surface area contributed by atoms with Gasteiger partial charge in [0.15, 0.2) is 0 Å². The van der Waals surface area contributed by atoms with Gasteiger partial charge in [-0.25, -0.2) is 0 Å². The van der Waals surface area contributed by atoms with Crippen molar-refractivity contribution >= 4 is 17.4 Å². The van der Waals surface area contributed by atoms with E-state index in [2.05, 4.69) is 18.4 Å². The van der Waals surface area contributed by atoms with Crippen molar-refractivity contribution < 1.29 is 4.74 Å². The van der Waals surface area contributed by atoms with Crippen LogP contribution in [-0.4, -0.2) is 25.2 Å². The van der Waals surface area contributed by atoms with Crippen molar-refractivity contribution in [1.29, 1.82) is 0 Å². The predicted molar refractivity (Wildman–Crippen MR) is 71.0 cm³/mol. The molecule has 0 bridgehead atoms. The molecule has 0 aromatic heterocycles. The Morgan fingerprint density at radius 3 is 2.44 bits per heavy atom. The van der Waals surface area contributed by atoms with Crippen LogP contribution in [0, 0.1) is 0 Å². The molecule has 0 unspecified atom stereocenters. The molecule has 1 saturated heterocycles. The first-order valence-corrected chi connectivity index (χ1v) is 7.09. The lowest BCUT2D eigenvalue weighted by Gasteiger charge is -2.37. The summed E-state index contributed by atoms with van der Waals surface area (Å²) in [7, 11) is 0. The summed E-state index contributed by atoms with van der Waals surface area (Å²) in [4.78, 5) is 0. The number of rotatable bonds is 3. The summed E-state index contributed by atoms with van der Waals surface area (Å²) < 4.78 is 5.48. The summed E-state index contributed by atoms with van der Waals surface area (Å²) in [6.45, 7) is 1.76. The van der Waals surface area contributed by atoms with E-state index in [-0.39, 0.29) is 0 Å². The third-order valence-electron chi connectivity index (χ3n) is 3.39. The Bertz CT molecular complexity index is 325. The van der Waals surface area contributed by atoms with E-state index < -0.39 is 0 Å². The standard InChI is InChI=1S/C13H19NOS/c1-16-10-13(6-8-15-9-7-13)11-2-4-12(14)5-3-11/h2-5H,6-10,14H2,1H3. The maximum Gasteiger partial charge on any atom is 0.0474 e. The van der Waals surface area contributed by atoms with Crippen molar-refractivity contribution in [2.45, 2.75) is 18.3 Å². The van der Waals surface area contributed by atoms with Crippen molar-refractivity contribution in [3.63, 3.8) is 0 Å². The number of hydrogen-bond acceptors (Lipinski definition) is 3. The fourth-order valence-corrected chi connectivity index (χ4v) is 3.40. The van der Waals surface area contributed by atoms with Gasteiger partial charge in [0.1, 0.15) is 0 Å². The molecule has 3 heteroatoms. The van der Waals surface area contributed by atoms with E-state index in [1.165, 1.54) is 11.3 Å². The molecule has 88 valence electrons. The molecule has 0 aliphatic carbocycles. The number of ether oxygens (including phenoxy) is 1. The lowest BCUT2D eigenvalue weighted by Crippen LogP contribution is -2.36. The van der Waals surface area contributed by atoms with E-state index in [4.69, 9.17) is 10.5 Å². The SMILES string of the molecule is CSCC1(c2ccc(N)cc2)CCOCC1. The molecule has 1 fully saturated rings. The summed E-state index contributed by atoms with van der Waals surface area (Å²) in [6, 6.07) is 8.37. The van der Waals surface area contributed by atoms with Crippen molar-refractivity contribution in [3.8, 4) is 0 Å². The largest absolute Gasteiger partial charge is 0.399 e. The van der Waals surface area contributed by atoms with E-state index in [1.807, 2.05) is 23.9 Å². The van der Waals surface area contributed by atoms with Crippen LogP contribution in [0.2, 0.25) is 0 Å². The maximum absolute atomic E-state index is 5.74.